The van der Waals surface area contributed by atoms with Crippen LogP contribution in [0.15, 0.2) is 46.8 Å². The summed E-state index contributed by atoms with van der Waals surface area (Å²) in [6.07, 6.45) is -0.521. The summed E-state index contributed by atoms with van der Waals surface area (Å²) < 4.78 is 7.91. The molecule has 23 heavy (non-hydrogen) atoms. The van der Waals surface area contributed by atoms with Gasteiger partial charge >= 0.3 is 0 Å². The van der Waals surface area contributed by atoms with Gasteiger partial charge in [0, 0.05) is 5.75 Å². The maximum atomic E-state index is 10.1. The van der Waals surface area contributed by atoms with Gasteiger partial charge in [0.2, 0.25) is 0 Å². The first-order chi connectivity index (χ1) is 11.1. The van der Waals surface area contributed by atoms with Crippen molar-refractivity contribution < 1.29 is 9.84 Å². The van der Waals surface area contributed by atoms with Crippen LogP contribution in [0.1, 0.15) is 11.1 Å². The van der Waals surface area contributed by atoms with Gasteiger partial charge in [0.1, 0.15) is 12.4 Å². The average Bonchev–Trinajstić information content (AvgIpc) is 2.96. The molecule has 0 amide bonds. The zero-order valence-electron chi connectivity index (χ0n) is 13.2. The molecule has 0 saturated heterocycles. The van der Waals surface area contributed by atoms with Crippen molar-refractivity contribution in [2.45, 2.75) is 24.3 Å². The number of ether oxygens (including phenoxy) is 1. The van der Waals surface area contributed by atoms with Gasteiger partial charge in [-0.15, -0.1) is 11.3 Å². The minimum atomic E-state index is -0.521. The Hall–Kier alpha value is -1.56. The van der Waals surface area contributed by atoms with E-state index in [-0.39, 0.29) is 0 Å². The van der Waals surface area contributed by atoms with Crippen molar-refractivity contribution in [3.63, 3.8) is 0 Å². The molecule has 2 aromatic carbocycles. The Morgan fingerprint density at radius 3 is 2.87 bits per heavy atom. The third kappa shape index (κ3) is 4.25. The molecule has 3 rings (SSSR count). The molecular weight excluding hydrogens is 326 g/mol. The van der Waals surface area contributed by atoms with E-state index in [1.807, 2.05) is 44.2 Å². The summed E-state index contributed by atoms with van der Waals surface area (Å²) in [6, 6.07) is 14.2. The number of nitrogens with zero attached hydrogens (tertiary/aromatic N) is 1. The van der Waals surface area contributed by atoms with Crippen molar-refractivity contribution in [3.8, 4) is 5.75 Å². The van der Waals surface area contributed by atoms with Crippen molar-refractivity contribution in [1.29, 1.82) is 0 Å². The minimum Gasteiger partial charge on any atom is -0.491 e. The molecule has 1 N–H and O–H groups in total. The summed E-state index contributed by atoms with van der Waals surface area (Å²) in [7, 11) is 0. The zero-order chi connectivity index (χ0) is 16.2. The number of para-hydroxylation sites is 1. The number of thioether (sulfide) groups is 1. The van der Waals surface area contributed by atoms with Crippen LogP contribution < -0.4 is 4.74 Å². The molecular formula is C18H19NO2S2. The molecule has 0 bridgehead atoms. The van der Waals surface area contributed by atoms with Crippen LogP contribution >= 0.6 is 23.1 Å². The number of hydrogen-bond donors (Lipinski definition) is 1. The third-order valence-corrected chi connectivity index (χ3v) is 5.77. The molecule has 0 aliphatic carbocycles. The molecule has 1 unspecified atom stereocenters. The number of aryl methyl sites for hydroxylation is 2. The molecule has 3 nitrogen and oxygen atoms in total. The summed E-state index contributed by atoms with van der Waals surface area (Å²) in [4.78, 5) is 4.56. The summed E-state index contributed by atoms with van der Waals surface area (Å²) >= 11 is 3.23. The topological polar surface area (TPSA) is 42.4 Å². The molecule has 0 fully saturated rings. The fourth-order valence-electron chi connectivity index (χ4n) is 2.18. The third-order valence-electron chi connectivity index (χ3n) is 3.45. The zero-order valence-corrected chi connectivity index (χ0v) is 14.8. The van der Waals surface area contributed by atoms with Crippen LogP contribution in [0.2, 0.25) is 0 Å². The Balaban J connectivity index is 1.53. The monoisotopic (exact) mass is 345 g/mol. The first kappa shape index (κ1) is 16.3. The number of aliphatic hydroxyl groups excluding tert-OH is 1. The Morgan fingerprint density at radius 2 is 2.04 bits per heavy atom. The smallest absolute Gasteiger partial charge is 0.151 e. The lowest BCUT2D eigenvalue weighted by Gasteiger charge is -2.13. The fourth-order valence-corrected chi connectivity index (χ4v) is 4.18. The first-order valence-electron chi connectivity index (χ1n) is 7.48. The highest BCUT2D eigenvalue weighted by Crippen LogP contribution is 2.29. The van der Waals surface area contributed by atoms with E-state index in [4.69, 9.17) is 4.74 Å². The number of fused-ring (bicyclic) bond motifs is 1. The van der Waals surface area contributed by atoms with E-state index in [2.05, 4.69) is 17.1 Å². The lowest BCUT2D eigenvalue weighted by atomic mass is 10.1. The number of hydrogen-bond acceptors (Lipinski definition) is 5. The van der Waals surface area contributed by atoms with Crippen LogP contribution in [-0.4, -0.2) is 28.6 Å². The highest BCUT2D eigenvalue weighted by Gasteiger charge is 2.10. The van der Waals surface area contributed by atoms with Gasteiger partial charge in [0.25, 0.3) is 0 Å². The van der Waals surface area contributed by atoms with E-state index >= 15 is 0 Å². The maximum Gasteiger partial charge on any atom is 0.151 e. The van der Waals surface area contributed by atoms with E-state index in [1.165, 1.54) is 4.70 Å². The SMILES string of the molecule is Cc1ccc(C)c(OCC(O)CSc2nc3ccccc3s2)c1. The van der Waals surface area contributed by atoms with E-state index in [0.717, 1.165) is 26.7 Å². The van der Waals surface area contributed by atoms with Crippen molar-refractivity contribution in [1.82, 2.24) is 4.98 Å². The van der Waals surface area contributed by atoms with Crippen LogP contribution in [0.5, 0.6) is 5.75 Å². The summed E-state index contributed by atoms with van der Waals surface area (Å²) in [6.45, 7) is 4.34. The molecule has 0 aliphatic heterocycles. The van der Waals surface area contributed by atoms with Crippen LogP contribution in [0.3, 0.4) is 0 Å². The standard InChI is InChI=1S/C18H19NO2S2/c1-12-7-8-13(2)16(9-12)21-10-14(20)11-22-18-19-15-5-3-4-6-17(15)23-18/h3-9,14,20H,10-11H2,1-2H3. The van der Waals surface area contributed by atoms with E-state index < -0.39 is 6.10 Å². The second kappa shape index (κ2) is 7.34. The van der Waals surface area contributed by atoms with Crippen molar-refractivity contribution in [2.75, 3.05) is 12.4 Å². The van der Waals surface area contributed by atoms with E-state index in [9.17, 15) is 5.11 Å². The molecule has 1 heterocycles. The van der Waals surface area contributed by atoms with Crippen LogP contribution in [0.4, 0.5) is 0 Å². The summed E-state index contributed by atoms with van der Waals surface area (Å²) in [5, 5.41) is 10.1. The second-order valence-corrected chi connectivity index (χ2v) is 7.79. The molecule has 120 valence electrons. The Morgan fingerprint density at radius 1 is 1.22 bits per heavy atom. The van der Waals surface area contributed by atoms with E-state index in [1.54, 1.807) is 23.1 Å². The van der Waals surface area contributed by atoms with Gasteiger partial charge < -0.3 is 9.84 Å². The van der Waals surface area contributed by atoms with Crippen LogP contribution in [0, 0.1) is 13.8 Å². The molecule has 1 atom stereocenters. The highest BCUT2D eigenvalue weighted by molar-refractivity contribution is 8.01. The molecule has 0 saturated carbocycles. The first-order valence-corrected chi connectivity index (χ1v) is 9.28. The predicted octanol–water partition coefficient (Wildman–Crippen LogP) is 4.45. The van der Waals surface area contributed by atoms with Crippen molar-refractivity contribution >= 4 is 33.3 Å². The van der Waals surface area contributed by atoms with Gasteiger partial charge in [-0.3, -0.25) is 0 Å². The normalized spacial score (nSPS) is 12.5. The second-order valence-electron chi connectivity index (χ2n) is 5.49. The quantitative estimate of drug-likeness (QED) is 0.671. The Labute approximate surface area is 144 Å². The summed E-state index contributed by atoms with van der Waals surface area (Å²) in [5.74, 6) is 1.42. The van der Waals surface area contributed by atoms with Gasteiger partial charge in [-0.1, -0.05) is 36.0 Å². The molecule has 0 radical (unpaired) electrons. The molecule has 5 heteroatoms. The fraction of sp³-hybridized carbons (Fsp3) is 0.278. The predicted molar refractivity (Wildman–Crippen MR) is 97.8 cm³/mol. The van der Waals surface area contributed by atoms with Crippen LogP contribution in [0.25, 0.3) is 10.2 Å². The molecule has 3 aromatic rings. The number of benzene rings is 2. The highest BCUT2D eigenvalue weighted by atomic mass is 32.2. The Kier molecular flexibility index (Phi) is 5.20. The van der Waals surface area contributed by atoms with Gasteiger partial charge in [-0.25, -0.2) is 4.98 Å². The van der Waals surface area contributed by atoms with Crippen molar-refractivity contribution in [2.24, 2.45) is 0 Å². The lowest BCUT2D eigenvalue weighted by Crippen LogP contribution is -2.20. The van der Waals surface area contributed by atoms with Crippen LogP contribution in [-0.2, 0) is 0 Å². The van der Waals surface area contributed by atoms with Gasteiger partial charge in [-0.05, 0) is 43.2 Å². The van der Waals surface area contributed by atoms with E-state index in [0.29, 0.717) is 12.4 Å². The number of thiazole rings is 1. The number of aromatic nitrogens is 1. The van der Waals surface area contributed by atoms with Gasteiger partial charge in [0.15, 0.2) is 4.34 Å². The largest absolute Gasteiger partial charge is 0.491 e. The molecule has 0 aliphatic rings. The lowest BCUT2D eigenvalue weighted by molar-refractivity contribution is 0.126. The average molecular weight is 345 g/mol. The maximum absolute atomic E-state index is 10.1. The van der Waals surface area contributed by atoms with Gasteiger partial charge in [0.05, 0.1) is 16.3 Å². The number of aliphatic hydroxyl groups is 1. The minimum absolute atomic E-state index is 0.294. The number of rotatable bonds is 6. The molecule has 0 spiro atoms. The molecule has 1 aromatic heterocycles. The summed E-state index contributed by atoms with van der Waals surface area (Å²) in [5.41, 5.74) is 3.26. The van der Waals surface area contributed by atoms with Gasteiger partial charge in [-0.2, -0.15) is 0 Å². The van der Waals surface area contributed by atoms with Crippen molar-refractivity contribution in [3.05, 3.63) is 53.6 Å². The Bertz CT molecular complexity index is 768.